The summed E-state index contributed by atoms with van der Waals surface area (Å²) < 4.78 is 7.35. The third-order valence-electron chi connectivity index (χ3n) is 3.91. The van der Waals surface area contributed by atoms with Crippen LogP contribution in [0.25, 0.3) is 11.0 Å². The minimum absolute atomic E-state index is 0.595. The van der Waals surface area contributed by atoms with Gasteiger partial charge < -0.3 is 19.9 Å². The summed E-state index contributed by atoms with van der Waals surface area (Å²) in [6.07, 6.45) is 1.23. The van der Waals surface area contributed by atoms with Gasteiger partial charge in [0.25, 0.3) is 0 Å². The Balaban J connectivity index is 1.92. The fourth-order valence-electron chi connectivity index (χ4n) is 2.88. The van der Waals surface area contributed by atoms with Crippen LogP contribution < -0.4 is 10.5 Å². The molecule has 0 amide bonds. The molecule has 2 aromatic rings. The first kappa shape index (κ1) is 12.3. The molecule has 102 valence electrons. The molecular formula is C14H20N4O. The lowest BCUT2D eigenvalue weighted by Crippen LogP contribution is -2.17. The Morgan fingerprint density at radius 3 is 3.00 bits per heavy atom. The van der Waals surface area contributed by atoms with Crippen molar-refractivity contribution in [1.82, 2.24) is 14.5 Å². The molecule has 1 aromatic carbocycles. The lowest BCUT2D eigenvalue weighted by atomic mass is 10.1. The normalized spacial score (nSPS) is 20.2. The van der Waals surface area contributed by atoms with Crippen molar-refractivity contribution in [3.63, 3.8) is 0 Å². The van der Waals surface area contributed by atoms with E-state index in [1.807, 2.05) is 18.2 Å². The molecule has 0 aliphatic carbocycles. The molecule has 5 nitrogen and oxygen atoms in total. The van der Waals surface area contributed by atoms with Gasteiger partial charge >= 0.3 is 0 Å². The van der Waals surface area contributed by atoms with E-state index in [0.29, 0.717) is 11.9 Å². The number of hydrogen-bond donors (Lipinski definition) is 1. The highest BCUT2D eigenvalue weighted by Gasteiger charge is 2.21. The van der Waals surface area contributed by atoms with E-state index in [-0.39, 0.29) is 0 Å². The Bertz CT molecular complexity index is 592. The number of aromatic nitrogens is 2. The summed E-state index contributed by atoms with van der Waals surface area (Å²) in [5.74, 6) is 2.07. The van der Waals surface area contributed by atoms with Crippen LogP contribution in [0.5, 0.6) is 5.75 Å². The number of hydrogen-bond acceptors (Lipinski definition) is 4. The number of rotatable bonds is 3. The molecule has 0 bridgehead atoms. The zero-order valence-corrected chi connectivity index (χ0v) is 11.5. The molecule has 1 aromatic heterocycles. The van der Waals surface area contributed by atoms with Crippen molar-refractivity contribution in [3.8, 4) is 5.75 Å². The van der Waals surface area contributed by atoms with Crippen molar-refractivity contribution < 1.29 is 4.74 Å². The van der Waals surface area contributed by atoms with E-state index in [4.69, 9.17) is 10.5 Å². The maximum absolute atomic E-state index is 6.06. The molecule has 1 unspecified atom stereocenters. The van der Waals surface area contributed by atoms with Crippen LogP contribution in [-0.4, -0.2) is 41.7 Å². The quantitative estimate of drug-likeness (QED) is 0.910. The summed E-state index contributed by atoms with van der Waals surface area (Å²) in [5.41, 5.74) is 8.05. The molecule has 5 heteroatoms. The first-order chi connectivity index (χ1) is 9.17. The van der Waals surface area contributed by atoms with Crippen LogP contribution in [0.2, 0.25) is 0 Å². The molecule has 3 rings (SSSR count). The summed E-state index contributed by atoms with van der Waals surface area (Å²) in [4.78, 5) is 6.79. The first-order valence-electron chi connectivity index (χ1n) is 6.65. The van der Waals surface area contributed by atoms with Crippen molar-refractivity contribution in [2.24, 2.45) is 5.92 Å². The van der Waals surface area contributed by atoms with Crippen molar-refractivity contribution in [1.29, 1.82) is 0 Å². The third-order valence-corrected chi connectivity index (χ3v) is 3.91. The van der Waals surface area contributed by atoms with Crippen molar-refractivity contribution in [2.75, 3.05) is 33.0 Å². The van der Waals surface area contributed by atoms with Gasteiger partial charge in [0.15, 0.2) is 0 Å². The number of nitrogen functional groups attached to an aromatic ring is 1. The fourth-order valence-corrected chi connectivity index (χ4v) is 2.88. The van der Waals surface area contributed by atoms with Gasteiger partial charge in [-0.15, -0.1) is 0 Å². The zero-order valence-electron chi connectivity index (χ0n) is 11.5. The Kier molecular flexibility index (Phi) is 3.06. The first-order valence-corrected chi connectivity index (χ1v) is 6.65. The number of ether oxygens (including phenoxy) is 1. The number of anilines is 1. The Labute approximate surface area is 113 Å². The van der Waals surface area contributed by atoms with Crippen LogP contribution >= 0.6 is 0 Å². The van der Waals surface area contributed by atoms with Crippen LogP contribution in [0.3, 0.4) is 0 Å². The van der Waals surface area contributed by atoms with Gasteiger partial charge in [-0.3, -0.25) is 0 Å². The lowest BCUT2D eigenvalue weighted by molar-refractivity contribution is 0.380. The molecule has 0 spiro atoms. The predicted molar refractivity (Wildman–Crippen MR) is 76.3 cm³/mol. The number of nitrogens with two attached hydrogens (primary N) is 1. The van der Waals surface area contributed by atoms with Gasteiger partial charge in [0.2, 0.25) is 5.95 Å². The second-order valence-electron chi connectivity index (χ2n) is 5.35. The van der Waals surface area contributed by atoms with Gasteiger partial charge in [0.05, 0.1) is 18.1 Å². The summed E-state index contributed by atoms with van der Waals surface area (Å²) in [6, 6.07) is 5.93. The number of imidazole rings is 1. The van der Waals surface area contributed by atoms with Crippen LogP contribution in [0.4, 0.5) is 5.95 Å². The Hall–Kier alpha value is -1.75. The monoisotopic (exact) mass is 260 g/mol. The van der Waals surface area contributed by atoms with Crippen molar-refractivity contribution in [3.05, 3.63) is 18.2 Å². The summed E-state index contributed by atoms with van der Waals surface area (Å²) >= 11 is 0. The van der Waals surface area contributed by atoms with E-state index in [1.165, 1.54) is 13.0 Å². The highest BCUT2D eigenvalue weighted by atomic mass is 16.5. The van der Waals surface area contributed by atoms with E-state index >= 15 is 0 Å². The minimum atomic E-state index is 0.595. The molecule has 1 aliphatic rings. The Morgan fingerprint density at radius 2 is 2.32 bits per heavy atom. The third kappa shape index (κ3) is 2.26. The molecule has 2 N–H and O–H groups in total. The summed E-state index contributed by atoms with van der Waals surface area (Å²) in [5, 5.41) is 0. The molecule has 1 fully saturated rings. The molecule has 1 saturated heterocycles. The van der Waals surface area contributed by atoms with Gasteiger partial charge in [-0.1, -0.05) is 0 Å². The smallest absolute Gasteiger partial charge is 0.201 e. The van der Waals surface area contributed by atoms with Crippen LogP contribution in [0, 0.1) is 5.92 Å². The molecular weight excluding hydrogens is 240 g/mol. The number of nitrogens with zero attached hydrogens (tertiary/aromatic N) is 3. The SMILES string of the molecule is COc1ccc2c(c1)nc(N)n2CC1CCN(C)C1. The molecule has 1 atom stereocenters. The van der Waals surface area contributed by atoms with E-state index in [9.17, 15) is 0 Å². The summed E-state index contributed by atoms with van der Waals surface area (Å²) in [6.45, 7) is 3.25. The Morgan fingerprint density at radius 1 is 1.47 bits per heavy atom. The lowest BCUT2D eigenvalue weighted by Gasteiger charge is -2.13. The molecule has 1 aliphatic heterocycles. The average molecular weight is 260 g/mol. The molecule has 0 saturated carbocycles. The van der Waals surface area contributed by atoms with Gasteiger partial charge in [0, 0.05) is 19.2 Å². The van der Waals surface area contributed by atoms with Crippen molar-refractivity contribution in [2.45, 2.75) is 13.0 Å². The number of likely N-dealkylation sites (tertiary alicyclic amines) is 1. The maximum atomic E-state index is 6.06. The zero-order chi connectivity index (χ0) is 13.4. The topological polar surface area (TPSA) is 56.3 Å². The highest BCUT2D eigenvalue weighted by molar-refractivity contribution is 5.79. The fraction of sp³-hybridized carbons (Fsp3) is 0.500. The largest absolute Gasteiger partial charge is 0.497 e. The minimum Gasteiger partial charge on any atom is -0.497 e. The van der Waals surface area contributed by atoms with Crippen molar-refractivity contribution >= 4 is 17.0 Å². The maximum Gasteiger partial charge on any atom is 0.201 e. The van der Waals surface area contributed by atoms with Crippen LogP contribution in [0.1, 0.15) is 6.42 Å². The van der Waals surface area contributed by atoms with E-state index in [1.54, 1.807) is 7.11 Å². The van der Waals surface area contributed by atoms with Gasteiger partial charge in [0.1, 0.15) is 5.75 Å². The highest BCUT2D eigenvalue weighted by Crippen LogP contribution is 2.25. The van der Waals surface area contributed by atoms with E-state index in [0.717, 1.165) is 29.9 Å². The average Bonchev–Trinajstić information content (AvgIpc) is 2.94. The number of benzene rings is 1. The molecule has 19 heavy (non-hydrogen) atoms. The van der Waals surface area contributed by atoms with Gasteiger partial charge in [-0.25, -0.2) is 4.98 Å². The summed E-state index contributed by atoms with van der Waals surface area (Å²) in [7, 11) is 3.83. The molecule has 0 radical (unpaired) electrons. The van der Waals surface area contributed by atoms with Crippen LogP contribution in [-0.2, 0) is 6.54 Å². The van der Waals surface area contributed by atoms with Gasteiger partial charge in [-0.05, 0) is 38.1 Å². The predicted octanol–water partition coefficient (Wildman–Crippen LogP) is 1.58. The van der Waals surface area contributed by atoms with Crippen LogP contribution in [0.15, 0.2) is 18.2 Å². The second kappa shape index (κ2) is 4.74. The molecule has 2 heterocycles. The number of methoxy groups -OCH3 is 1. The van der Waals surface area contributed by atoms with Gasteiger partial charge in [-0.2, -0.15) is 0 Å². The van der Waals surface area contributed by atoms with E-state index in [2.05, 4.69) is 21.5 Å². The standard InChI is InChI=1S/C14H20N4O/c1-17-6-5-10(8-17)9-18-13-4-3-11(19-2)7-12(13)16-14(18)15/h3-4,7,10H,5-6,8-9H2,1-2H3,(H2,15,16). The van der Waals surface area contributed by atoms with E-state index < -0.39 is 0 Å². The number of fused-ring (bicyclic) bond motifs is 1. The second-order valence-corrected chi connectivity index (χ2v) is 5.35.